The number of thiophene rings is 1. The van der Waals surface area contributed by atoms with Gasteiger partial charge in [0, 0.05) is 32.0 Å². The van der Waals surface area contributed by atoms with Crippen LogP contribution in [0.3, 0.4) is 0 Å². The van der Waals surface area contributed by atoms with Gasteiger partial charge in [-0.3, -0.25) is 5.32 Å². The van der Waals surface area contributed by atoms with Crippen LogP contribution in [0, 0.1) is 0 Å². The number of aromatic nitrogens is 2. The summed E-state index contributed by atoms with van der Waals surface area (Å²) in [6.07, 6.45) is 4.42. The number of nitrogens with zero attached hydrogens (tertiary/aromatic N) is 3. The molecule has 0 saturated carbocycles. The number of aryl methyl sites for hydroxylation is 1. The first-order valence-electron chi connectivity index (χ1n) is 7.25. The summed E-state index contributed by atoms with van der Waals surface area (Å²) in [4.78, 5) is 22.8. The van der Waals surface area contributed by atoms with E-state index in [0.717, 1.165) is 41.5 Å². The average molecular weight is 317 g/mol. The number of amides is 2. The zero-order valence-corrected chi connectivity index (χ0v) is 13.5. The lowest BCUT2D eigenvalue weighted by Gasteiger charge is -2.25. The lowest BCUT2D eigenvalue weighted by atomic mass is 9.93. The molecule has 0 fully saturated rings. The van der Waals surface area contributed by atoms with Crippen molar-refractivity contribution in [3.8, 4) is 0 Å². The van der Waals surface area contributed by atoms with Crippen molar-refractivity contribution in [2.45, 2.75) is 25.3 Å². The van der Waals surface area contributed by atoms with Crippen LogP contribution in [0.2, 0.25) is 0 Å². The second kappa shape index (κ2) is 6.31. The second-order valence-corrected chi connectivity index (χ2v) is 6.50. The summed E-state index contributed by atoms with van der Waals surface area (Å²) < 4.78 is 0. The number of rotatable bonds is 3. The minimum absolute atomic E-state index is 0.126. The molecule has 2 aromatic rings. The monoisotopic (exact) mass is 317 g/mol. The SMILES string of the molecule is CN(C)c1ncc2c(n1)CCC(NC(=O)Nc1cccs1)C2. The van der Waals surface area contributed by atoms with Crippen molar-refractivity contribution >= 4 is 28.3 Å². The molecule has 0 aliphatic heterocycles. The molecule has 22 heavy (non-hydrogen) atoms. The fraction of sp³-hybridized carbons (Fsp3) is 0.400. The Balaban J connectivity index is 1.61. The normalized spacial score (nSPS) is 16.7. The third kappa shape index (κ3) is 3.36. The van der Waals surface area contributed by atoms with Crippen LogP contribution in [-0.2, 0) is 12.8 Å². The van der Waals surface area contributed by atoms with Crippen molar-refractivity contribution < 1.29 is 4.79 Å². The van der Waals surface area contributed by atoms with E-state index >= 15 is 0 Å². The van der Waals surface area contributed by atoms with Gasteiger partial charge in [0.2, 0.25) is 5.95 Å². The summed E-state index contributed by atoms with van der Waals surface area (Å²) in [5, 5.41) is 8.66. The fourth-order valence-electron chi connectivity index (χ4n) is 2.52. The van der Waals surface area contributed by atoms with Gasteiger partial charge < -0.3 is 10.2 Å². The molecule has 2 aromatic heterocycles. The molecule has 2 heterocycles. The van der Waals surface area contributed by atoms with Crippen molar-refractivity contribution in [2.75, 3.05) is 24.3 Å². The Kier molecular flexibility index (Phi) is 4.24. The van der Waals surface area contributed by atoms with E-state index in [1.165, 1.54) is 11.3 Å². The molecule has 1 atom stereocenters. The lowest BCUT2D eigenvalue weighted by molar-refractivity contribution is 0.247. The Morgan fingerprint density at radius 1 is 1.45 bits per heavy atom. The van der Waals surface area contributed by atoms with Crippen LogP contribution in [-0.4, -0.2) is 36.1 Å². The van der Waals surface area contributed by atoms with E-state index in [1.807, 2.05) is 42.7 Å². The van der Waals surface area contributed by atoms with Crippen molar-refractivity contribution in [1.82, 2.24) is 15.3 Å². The number of hydrogen-bond acceptors (Lipinski definition) is 5. The van der Waals surface area contributed by atoms with Crippen LogP contribution >= 0.6 is 11.3 Å². The molecule has 7 heteroatoms. The molecule has 1 aliphatic rings. The zero-order chi connectivity index (χ0) is 15.5. The number of nitrogens with one attached hydrogen (secondary N) is 2. The van der Waals surface area contributed by atoms with Crippen LogP contribution in [0.1, 0.15) is 17.7 Å². The third-order valence-electron chi connectivity index (χ3n) is 3.63. The highest BCUT2D eigenvalue weighted by atomic mass is 32.1. The van der Waals surface area contributed by atoms with Gasteiger partial charge in [-0.1, -0.05) is 0 Å². The summed E-state index contributed by atoms with van der Waals surface area (Å²) in [6, 6.07) is 3.77. The van der Waals surface area contributed by atoms with Crippen molar-refractivity contribution in [3.05, 3.63) is 35.0 Å². The Labute approximate surface area is 133 Å². The molecule has 0 radical (unpaired) electrons. The number of carbonyl (C=O) groups is 1. The van der Waals surface area contributed by atoms with Crippen molar-refractivity contribution in [2.24, 2.45) is 0 Å². The maximum absolute atomic E-state index is 12.0. The Morgan fingerprint density at radius 2 is 2.32 bits per heavy atom. The van der Waals surface area contributed by atoms with Crippen LogP contribution in [0.15, 0.2) is 23.7 Å². The van der Waals surface area contributed by atoms with Gasteiger partial charge in [-0.15, -0.1) is 11.3 Å². The summed E-state index contributed by atoms with van der Waals surface area (Å²) >= 11 is 1.51. The second-order valence-electron chi connectivity index (χ2n) is 5.55. The predicted molar refractivity (Wildman–Crippen MR) is 88.6 cm³/mol. The Bertz CT molecular complexity index is 656. The van der Waals surface area contributed by atoms with Gasteiger partial charge in [-0.05, 0) is 42.3 Å². The minimum atomic E-state index is -0.151. The number of urea groups is 1. The van der Waals surface area contributed by atoms with Crippen molar-refractivity contribution in [3.63, 3.8) is 0 Å². The molecule has 0 spiro atoms. The molecule has 0 aromatic carbocycles. The molecule has 1 unspecified atom stereocenters. The quantitative estimate of drug-likeness (QED) is 0.911. The summed E-state index contributed by atoms with van der Waals surface area (Å²) in [7, 11) is 3.87. The fourth-order valence-corrected chi connectivity index (χ4v) is 3.13. The molecule has 0 bridgehead atoms. The molecule has 3 rings (SSSR count). The molecule has 0 saturated heterocycles. The van der Waals surface area contributed by atoms with Crippen LogP contribution in [0.5, 0.6) is 0 Å². The molecular formula is C15H19N5OS. The van der Waals surface area contributed by atoms with E-state index < -0.39 is 0 Å². The van der Waals surface area contributed by atoms with Gasteiger partial charge in [-0.2, -0.15) is 0 Å². The molecule has 116 valence electrons. The van der Waals surface area contributed by atoms with E-state index in [0.29, 0.717) is 0 Å². The van der Waals surface area contributed by atoms with Crippen LogP contribution < -0.4 is 15.5 Å². The average Bonchev–Trinajstić information content (AvgIpc) is 2.99. The smallest absolute Gasteiger partial charge is 0.320 e. The molecule has 2 amide bonds. The highest BCUT2D eigenvalue weighted by Gasteiger charge is 2.22. The number of carbonyl (C=O) groups excluding carboxylic acids is 1. The number of hydrogen-bond donors (Lipinski definition) is 2. The molecular weight excluding hydrogens is 298 g/mol. The molecule has 1 aliphatic carbocycles. The third-order valence-corrected chi connectivity index (χ3v) is 4.42. The van der Waals surface area contributed by atoms with E-state index in [1.54, 1.807) is 0 Å². The first-order chi connectivity index (χ1) is 10.6. The maximum atomic E-state index is 12.0. The zero-order valence-electron chi connectivity index (χ0n) is 12.7. The first-order valence-corrected chi connectivity index (χ1v) is 8.13. The molecule has 2 N–H and O–H groups in total. The van der Waals surface area contributed by atoms with Crippen LogP contribution in [0.4, 0.5) is 15.7 Å². The van der Waals surface area contributed by atoms with Gasteiger partial charge in [-0.25, -0.2) is 14.8 Å². The van der Waals surface area contributed by atoms with Gasteiger partial charge in [0.1, 0.15) is 0 Å². The van der Waals surface area contributed by atoms with Crippen LogP contribution in [0.25, 0.3) is 0 Å². The number of fused-ring (bicyclic) bond motifs is 1. The van der Waals surface area contributed by atoms with Gasteiger partial charge in [0.15, 0.2) is 0 Å². The topological polar surface area (TPSA) is 70.2 Å². The van der Waals surface area contributed by atoms with Gasteiger partial charge in [0.25, 0.3) is 0 Å². The summed E-state index contributed by atoms with van der Waals surface area (Å²) in [5.41, 5.74) is 2.22. The Hall–Kier alpha value is -2.15. The standard InChI is InChI=1S/C15H19N5OS/c1-20(2)14-16-9-10-8-11(5-6-12(10)18-14)17-15(21)19-13-4-3-7-22-13/h3-4,7,9,11H,5-6,8H2,1-2H3,(H2,17,19,21). The Morgan fingerprint density at radius 3 is 3.05 bits per heavy atom. The maximum Gasteiger partial charge on any atom is 0.320 e. The predicted octanol–water partition coefficient (Wildman–Crippen LogP) is 2.28. The van der Waals surface area contributed by atoms with E-state index in [4.69, 9.17) is 0 Å². The van der Waals surface area contributed by atoms with E-state index in [-0.39, 0.29) is 12.1 Å². The van der Waals surface area contributed by atoms with Gasteiger partial charge >= 0.3 is 6.03 Å². The lowest BCUT2D eigenvalue weighted by Crippen LogP contribution is -2.41. The molecule has 6 nitrogen and oxygen atoms in total. The summed E-state index contributed by atoms with van der Waals surface area (Å²) in [5.74, 6) is 0.737. The van der Waals surface area contributed by atoms with Crippen molar-refractivity contribution in [1.29, 1.82) is 0 Å². The van der Waals surface area contributed by atoms with E-state index in [9.17, 15) is 4.79 Å². The first kappa shape index (κ1) is 14.8. The van der Waals surface area contributed by atoms with Gasteiger partial charge in [0.05, 0.1) is 5.00 Å². The largest absolute Gasteiger partial charge is 0.347 e. The number of anilines is 2. The van der Waals surface area contributed by atoms with E-state index in [2.05, 4.69) is 20.6 Å². The minimum Gasteiger partial charge on any atom is -0.347 e. The highest BCUT2D eigenvalue weighted by molar-refractivity contribution is 7.14. The summed E-state index contributed by atoms with van der Waals surface area (Å²) in [6.45, 7) is 0. The highest BCUT2D eigenvalue weighted by Crippen LogP contribution is 2.21.